The van der Waals surface area contributed by atoms with E-state index in [0.29, 0.717) is 15.7 Å². The van der Waals surface area contributed by atoms with Crippen LogP contribution in [0.2, 0.25) is 10.0 Å². The average Bonchev–Trinajstić information content (AvgIpc) is 3.51. The van der Waals surface area contributed by atoms with Crippen molar-refractivity contribution in [1.29, 1.82) is 0 Å². The Hall–Kier alpha value is -3.84. The van der Waals surface area contributed by atoms with E-state index >= 15 is 0 Å². The number of fused-ring (bicyclic) bond motifs is 1. The van der Waals surface area contributed by atoms with Crippen LogP contribution in [-0.2, 0) is 31.6 Å². The average molecular weight is 641 g/mol. The van der Waals surface area contributed by atoms with Gasteiger partial charge in [0.2, 0.25) is 11.9 Å². The number of benzene rings is 2. The number of piperazine rings is 1. The lowest BCUT2D eigenvalue weighted by Gasteiger charge is -2.34. The molecular formula is C29H27Cl2N7O4S. The van der Waals surface area contributed by atoms with Crippen molar-refractivity contribution >= 4 is 56.7 Å². The fraction of sp³-hybridized carbons (Fsp3) is 0.276. The fourth-order valence-electron chi connectivity index (χ4n) is 5.65. The van der Waals surface area contributed by atoms with E-state index in [1.54, 1.807) is 42.4 Å². The highest BCUT2D eigenvalue weighted by atomic mass is 35.5. The molecule has 2 aromatic carbocycles. The number of sulfonamides is 1. The molecule has 1 atom stereocenters. The van der Waals surface area contributed by atoms with Crippen LogP contribution in [-0.4, -0.2) is 75.1 Å². The van der Waals surface area contributed by atoms with Gasteiger partial charge in [0, 0.05) is 67.5 Å². The van der Waals surface area contributed by atoms with E-state index in [0.717, 1.165) is 16.7 Å². The third-order valence-electron chi connectivity index (χ3n) is 7.86. The van der Waals surface area contributed by atoms with E-state index in [1.165, 1.54) is 33.2 Å². The Morgan fingerprint density at radius 3 is 2.16 bits per heavy atom. The molecule has 1 unspecified atom stereocenters. The normalized spacial score (nSPS) is 19.1. The molecule has 1 fully saturated rings. The van der Waals surface area contributed by atoms with Crippen molar-refractivity contribution in [2.45, 2.75) is 30.8 Å². The molecule has 222 valence electrons. The number of carbonyl (C=O) groups excluding carboxylic acids is 2. The number of halogens is 2. The van der Waals surface area contributed by atoms with E-state index in [-0.39, 0.29) is 55.4 Å². The number of hydrogen-bond acceptors (Lipinski definition) is 7. The molecule has 1 saturated heterocycles. The van der Waals surface area contributed by atoms with Gasteiger partial charge in [0.15, 0.2) is 5.03 Å². The van der Waals surface area contributed by atoms with Crippen molar-refractivity contribution < 1.29 is 18.0 Å². The molecule has 4 heterocycles. The minimum absolute atomic E-state index is 0.108. The first kappa shape index (κ1) is 29.2. The van der Waals surface area contributed by atoms with Crippen LogP contribution in [0.25, 0.3) is 11.1 Å². The number of aromatic nitrogens is 4. The molecule has 43 heavy (non-hydrogen) atoms. The minimum atomic E-state index is -4.09. The van der Waals surface area contributed by atoms with Crippen LogP contribution in [0.4, 0.5) is 11.6 Å². The standard InChI is InChI=1S/C29H27Cl2N7O4S/c1-19(39)35-7-9-36(10-8-35)43(41,42)26-17-34-28-37(25-12-23(30)11-24(31)13-25)27(40)29(2,38(26)28)14-20-3-5-21(6-4-20)22-15-32-18-33-16-22/h3-6,11-13,15-18H,7-10,14H2,1-2H3. The molecule has 14 heteroatoms. The third-order valence-corrected chi connectivity index (χ3v) is 10.2. The van der Waals surface area contributed by atoms with Crippen LogP contribution in [0.1, 0.15) is 19.4 Å². The van der Waals surface area contributed by atoms with Crippen LogP contribution < -0.4 is 4.90 Å². The summed E-state index contributed by atoms with van der Waals surface area (Å²) in [5.74, 6) is -0.348. The molecule has 6 rings (SSSR count). The number of rotatable bonds is 6. The number of hydrogen-bond donors (Lipinski definition) is 0. The second-order valence-electron chi connectivity index (χ2n) is 10.7. The number of anilines is 2. The van der Waals surface area contributed by atoms with Gasteiger partial charge in [-0.3, -0.25) is 14.2 Å². The Morgan fingerprint density at radius 1 is 0.930 bits per heavy atom. The lowest BCUT2D eigenvalue weighted by molar-refractivity contribution is -0.130. The quantitative estimate of drug-likeness (QED) is 0.311. The third kappa shape index (κ3) is 5.18. The molecule has 4 aromatic rings. The van der Waals surface area contributed by atoms with Gasteiger partial charge in [-0.2, -0.15) is 4.31 Å². The molecule has 2 aliphatic heterocycles. The maximum Gasteiger partial charge on any atom is 0.260 e. The summed E-state index contributed by atoms with van der Waals surface area (Å²) < 4.78 is 31.0. The van der Waals surface area contributed by atoms with Gasteiger partial charge < -0.3 is 4.90 Å². The summed E-state index contributed by atoms with van der Waals surface area (Å²) in [6.07, 6.45) is 6.34. The van der Waals surface area contributed by atoms with Gasteiger partial charge in [0.05, 0.1) is 11.9 Å². The predicted octanol–water partition coefficient (Wildman–Crippen LogP) is 4.14. The Labute approximate surface area is 258 Å². The SMILES string of the molecule is CC(=O)N1CCN(S(=O)(=O)c2cnc3n2C(C)(Cc2ccc(-c4cncnc4)cc2)C(=O)N3c2cc(Cl)cc(Cl)c2)CC1. The van der Waals surface area contributed by atoms with Gasteiger partial charge in [-0.05, 0) is 36.2 Å². The highest BCUT2D eigenvalue weighted by Crippen LogP contribution is 2.45. The smallest absolute Gasteiger partial charge is 0.260 e. The van der Waals surface area contributed by atoms with Crippen LogP contribution in [0.3, 0.4) is 0 Å². The molecule has 0 N–H and O–H groups in total. The van der Waals surface area contributed by atoms with Gasteiger partial charge >= 0.3 is 0 Å². The molecular weight excluding hydrogens is 613 g/mol. The zero-order chi connectivity index (χ0) is 30.5. The van der Waals surface area contributed by atoms with Gasteiger partial charge in [-0.25, -0.2) is 28.3 Å². The van der Waals surface area contributed by atoms with Crippen molar-refractivity contribution in [2.75, 3.05) is 31.1 Å². The second kappa shape index (κ2) is 11.0. The van der Waals surface area contributed by atoms with Crippen LogP contribution in [0.5, 0.6) is 0 Å². The number of nitrogens with zero attached hydrogens (tertiary/aromatic N) is 7. The van der Waals surface area contributed by atoms with Crippen molar-refractivity contribution in [3.8, 4) is 11.1 Å². The largest absolute Gasteiger partial charge is 0.340 e. The van der Waals surface area contributed by atoms with Crippen molar-refractivity contribution in [3.05, 3.63) is 83.0 Å². The number of imidazole rings is 1. The highest BCUT2D eigenvalue weighted by Gasteiger charge is 2.52. The number of carbonyl (C=O) groups is 2. The zero-order valence-electron chi connectivity index (χ0n) is 23.3. The lowest BCUT2D eigenvalue weighted by Crippen LogP contribution is -2.50. The molecule has 0 radical (unpaired) electrons. The summed E-state index contributed by atoms with van der Waals surface area (Å²) in [6, 6.07) is 12.3. The maximum atomic E-state index is 14.3. The summed E-state index contributed by atoms with van der Waals surface area (Å²) in [5.41, 5.74) is 1.55. The summed E-state index contributed by atoms with van der Waals surface area (Å²) in [6.45, 7) is 3.98. The van der Waals surface area contributed by atoms with Gasteiger partial charge in [-0.15, -0.1) is 0 Å². The lowest BCUT2D eigenvalue weighted by atomic mass is 9.91. The van der Waals surface area contributed by atoms with Crippen LogP contribution >= 0.6 is 23.2 Å². The van der Waals surface area contributed by atoms with Gasteiger partial charge in [0.1, 0.15) is 11.9 Å². The van der Waals surface area contributed by atoms with E-state index in [2.05, 4.69) is 15.0 Å². The summed E-state index contributed by atoms with van der Waals surface area (Å²) >= 11 is 12.6. The van der Waals surface area contributed by atoms with Crippen molar-refractivity contribution in [2.24, 2.45) is 0 Å². The topological polar surface area (TPSA) is 122 Å². The monoisotopic (exact) mass is 639 g/mol. The minimum Gasteiger partial charge on any atom is -0.340 e. The van der Waals surface area contributed by atoms with E-state index in [4.69, 9.17) is 23.2 Å². The first-order valence-electron chi connectivity index (χ1n) is 13.5. The molecule has 2 aromatic heterocycles. The Kier molecular flexibility index (Phi) is 7.49. The fourth-order valence-corrected chi connectivity index (χ4v) is 7.77. The second-order valence-corrected chi connectivity index (χ2v) is 13.4. The molecule has 0 spiro atoms. The Balaban J connectivity index is 1.42. The predicted molar refractivity (Wildman–Crippen MR) is 162 cm³/mol. The first-order chi connectivity index (χ1) is 20.5. The van der Waals surface area contributed by atoms with E-state index < -0.39 is 15.6 Å². The van der Waals surface area contributed by atoms with Crippen LogP contribution in [0.15, 0.2) is 72.4 Å². The van der Waals surface area contributed by atoms with Crippen LogP contribution in [0, 0.1) is 0 Å². The molecule has 2 aliphatic rings. The molecule has 0 saturated carbocycles. The molecule has 0 bridgehead atoms. The first-order valence-corrected chi connectivity index (χ1v) is 15.7. The van der Waals surface area contributed by atoms with E-state index in [1.807, 2.05) is 24.3 Å². The Bertz CT molecular complexity index is 1810. The zero-order valence-corrected chi connectivity index (χ0v) is 25.6. The summed E-state index contributed by atoms with van der Waals surface area (Å²) in [5, 5.41) is 0.528. The molecule has 11 nitrogen and oxygen atoms in total. The molecule has 2 amide bonds. The summed E-state index contributed by atoms with van der Waals surface area (Å²) in [4.78, 5) is 41.7. The maximum absolute atomic E-state index is 14.3. The van der Waals surface area contributed by atoms with Crippen molar-refractivity contribution in [1.82, 2.24) is 28.7 Å². The van der Waals surface area contributed by atoms with E-state index in [9.17, 15) is 18.0 Å². The molecule has 0 aliphatic carbocycles. The van der Waals surface area contributed by atoms with Crippen molar-refractivity contribution in [3.63, 3.8) is 0 Å². The van der Waals surface area contributed by atoms with Gasteiger partial charge in [0.25, 0.3) is 15.9 Å². The Morgan fingerprint density at radius 2 is 1.56 bits per heavy atom. The highest BCUT2D eigenvalue weighted by molar-refractivity contribution is 7.89. The number of amides is 2. The van der Waals surface area contributed by atoms with Gasteiger partial charge in [-0.1, -0.05) is 47.5 Å². The summed E-state index contributed by atoms with van der Waals surface area (Å²) in [7, 11) is -4.09.